The quantitative estimate of drug-likeness (QED) is 0.607. The number of halogens is 1. The van der Waals surface area contributed by atoms with Crippen molar-refractivity contribution in [3.05, 3.63) is 78.8 Å². The van der Waals surface area contributed by atoms with Crippen molar-refractivity contribution in [1.82, 2.24) is 4.90 Å². The van der Waals surface area contributed by atoms with Gasteiger partial charge in [0.05, 0.1) is 9.85 Å². The summed E-state index contributed by atoms with van der Waals surface area (Å²) < 4.78 is 0. The second-order valence-electron chi connectivity index (χ2n) is 4.97. The number of para-hydroxylation sites is 1. The molecule has 0 aliphatic rings. The molecule has 0 radical (unpaired) electrons. The van der Waals surface area contributed by atoms with Crippen LogP contribution in [0.2, 0.25) is 5.02 Å². The first-order valence-corrected chi connectivity index (χ1v) is 7.10. The minimum Gasteiger partial charge on any atom is -0.337 e. The molecule has 9 heteroatoms. The van der Waals surface area contributed by atoms with Gasteiger partial charge in [-0.2, -0.15) is 0 Å². The Hall–Kier alpha value is -3.00. The number of hydrogen-bond donors (Lipinski definition) is 0. The Labute approximate surface area is 141 Å². The molecule has 0 aromatic heterocycles. The topological polar surface area (TPSA) is 107 Å². The molecule has 0 atom stereocenters. The Morgan fingerprint density at radius 2 is 1.79 bits per heavy atom. The van der Waals surface area contributed by atoms with Gasteiger partial charge >= 0.3 is 0 Å². The predicted molar refractivity (Wildman–Crippen MR) is 87.0 cm³/mol. The minimum absolute atomic E-state index is 0.0224. The van der Waals surface area contributed by atoms with Gasteiger partial charge in [0.25, 0.3) is 17.3 Å². The van der Waals surface area contributed by atoms with E-state index in [9.17, 15) is 25.0 Å². The van der Waals surface area contributed by atoms with Crippen LogP contribution >= 0.6 is 11.6 Å². The molecular formula is C15H12ClN3O5. The maximum Gasteiger partial charge on any atom is 0.282 e. The molecular weight excluding hydrogens is 338 g/mol. The largest absolute Gasteiger partial charge is 0.337 e. The highest BCUT2D eigenvalue weighted by atomic mass is 35.5. The maximum absolute atomic E-state index is 12.4. The number of carbonyl (C=O) groups is 1. The van der Waals surface area contributed by atoms with Crippen molar-refractivity contribution in [1.29, 1.82) is 0 Å². The smallest absolute Gasteiger partial charge is 0.282 e. The van der Waals surface area contributed by atoms with Crippen LogP contribution in [-0.2, 0) is 6.54 Å². The van der Waals surface area contributed by atoms with E-state index in [4.69, 9.17) is 11.6 Å². The monoisotopic (exact) mass is 349 g/mol. The second kappa shape index (κ2) is 7.05. The fourth-order valence-electron chi connectivity index (χ4n) is 2.14. The van der Waals surface area contributed by atoms with Gasteiger partial charge in [-0.1, -0.05) is 23.7 Å². The minimum atomic E-state index is -0.637. The summed E-state index contributed by atoms with van der Waals surface area (Å²) >= 11 is 6.01. The Morgan fingerprint density at radius 3 is 2.42 bits per heavy atom. The molecule has 0 fully saturated rings. The van der Waals surface area contributed by atoms with E-state index >= 15 is 0 Å². The zero-order valence-corrected chi connectivity index (χ0v) is 13.3. The van der Waals surface area contributed by atoms with Crippen molar-refractivity contribution in [2.45, 2.75) is 6.54 Å². The van der Waals surface area contributed by atoms with Crippen LogP contribution < -0.4 is 0 Å². The lowest BCUT2D eigenvalue weighted by Gasteiger charge is -2.18. The molecule has 124 valence electrons. The highest BCUT2D eigenvalue weighted by Crippen LogP contribution is 2.25. The summed E-state index contributed by atoms with van der Waals surface area (Å²) in [6.07, 6.45) is 0. The van der Waals surface area contributed by atoms with Gasteiger partial charge in [-0.15, -0.1) is 0 Å². The van der Waals surface area contributed by atoms with Crippen molar-refractivity contribution >= 4 is 28.9 Å². The zero-order chi connectivity index (χ0) is 17.9. The molecule has 8 nitrogen and oxygen atoms in total. The number of hydrogen-bond acceptors (Lipinski definition) is 5. The van der Waals surface area contributed by atoms with Crippen LogP contribution in [0.5, 0.6) is 0 Å². The van der Waals surface area contributed by atoms with Crippen molar-refractivity contribution in [3.8, 4) is 0 Å². The van der Waals surface area contributed by atoms with Gasteiger partial charge in [0.2, 0.25) is 0 Å². The van der Waals surface area contributed by atoms with Gasteiger partial charge in [0.1, 0.15) is 5.56 Å². The predicted octanol–water partition coefficient (Wildman–Crippen LogP) is 3.43. The van der Waals surface area contributed by atoms with Gasteiger partial charge < -0.3 is 4.90 Å². The molecule has 2 aromatic carbocycles. The highest BCUT2D eigenvalue weighted by molar-refractivity contribution is 6.31. The van der Waals surface area contributed by atoms with E-state index in [-0.39, 0.29) is 28.5 Å². The van der Waals surface area contributed by atoms with Crippen molar-refractivity contribution in [3.63, 3.8) is 0 Å². The van der Waals surface area contributed by atoms with E-state index in [1.807, 2.05) is 0 Å². The Kier molecular flexibility index (Phi) is 5.10. The fraction of sp³-hybridized carbons (Fsp3) is 0.133. The van der Waals surface area contributed by atoms with Gasteiger partial charge in [-0.3, -0.25) is 25.0 Å². The normalized spacial score (nSPS) is 10.2. The molecule has 24 heavy (non-hydrogen) atoms. The van der Waals surface area contributed by atoms with Crippen LogP contribution in [0.15, 0.2) is 42.5 Å². The number of non-ortho nitro benzene ring substituents is 1. The Morgan fingerprint density at radius 1 is 1.12 bits per heavy atom. The van der Waals surface area contributed by atoms with Crippen LogP contribution in [-0.4, -0.2) is 27.7 Å². The van der Waals surface area contributed by atoms with Crippen LogP contribution in [0.4, 0.5) is 11.4 Å². The van der Waals surface area contributed by atoms with Crippen LogP contribution in [0.1, 0.15) is 15.9 Å². The summed E-state index contributed by atoms with van der Waals surface area (Å²) in [5, 5.41) is 22.1. The van der Waals surface area contributed by atoms with Crippen molar-refractivity contribution in [2.75, 3.05) is 7.05 Å². The van der Waals surface area contributed by atoms with Gasteiger partial charge in [0.15, 0.2) is 0 Å². The number of amides is 1. The molecule has 0 bridgehead atoms. The summed E-state index contributed by atoms with van der Waals surface area (Å²) in [5.41, 5.74) is -0.146. The molecule has 0 aliphatic carbocycles. The molecule has 0 saturated heterocycles. The van der Waals surface area contributed by atoms with Gasteiger partial charge in [-0.05, 0) is 17.7 Å². The molecule has 0 saturated carbocycles. The first kappa shape index (κ1) is 17.4. The van der Waals surface area contributed by atoms with Crippen molar-refractivity contribution < 1.29 is 14.6 Å². The van der Waals surface area contributed by atoms with Crippen LogP contribution in [0.3, 0.4) is 0 Å². The molecule has 2 rings (SSSR count). The highest BCUT2D eigenvalue weighted by Gasteiger charge is 2.23. The Bertz CT molecular complexity index is 825. The lowest BCUT2D eigenvalue weighted by molar-refractivity contribution is -0.385. The van der Waals surface area contributed by atoms with E-state index < -0.39 is 15.8 Å². The average Bonchev–Trinajstić information content (AvgIpc) is 2.55. The molecule has 0 N–H and O–H groups in total. The number of rotatable bonds is 5. The van der Waals surface area contributed by atoms with E-state index in [0.717, 1.165) is 0 Å². The third kappa shape index (κ3) is 3.66. The SMILES string of the molecule is CN(Cc1cc([N+](=O)[O-])ccc1Cl)C(=O)c1ccccc1[N+](=O)[O-]. The summed E-state index contributed by atoms with van der Waals surface area (Å²) in [6.45, 7) is -0.0224. The van der Waals surface area contributed by atoms with E-state index in [0.29, 0.717) is 5.56 Å². The fourth-order valence-corrected chi connectivity index (χ4v) is 2.32. The summed E-state index contributed by atoms with van der Waals surface area (Å²) in [5.74, 6) is -0.579. The lowest BCUT2D eigenvalue weighted by atomic mass is 10.1. The molecule has 0 unspecified atom stereocenters. The van der Waals surface area contributed by atoms with Crippen LogP contribution in [0.25, 0.3) is 0 Å². The third-order valence-electron chi connectivity index (χ3n) is 3.33. The number of carbonyl (C=O) groups excluding carboxylic acids is 1. The first-order chi connectivity index (χ1) is 11.3. The number of nitro benzene ring substituents is 2. The summed E-state index contributed by atoms with van der Waals surface area (Å²) in [6, 6.07) is 9.48. The molecule has 0 aliphatic heterocycles. The summed E-state index contributed by atoms with van der Waals surface area (Å²) in [7, 11) is 1.44. The van der Waals surface area contributed by atoms with E-state index in [1.54, 1.807) is 0 Å². The molecule has 2 aromatic rings. The number of nitro groups is 2. The van der Waals surface area contributed by atoms with Crippen molar-refractivity contribution in [2.24, 2.45) is 0 Å². The molecule has 0 heterocycles. The first-order valence-electron chi connectivity index (χ1n) is 6.73. The van der Waals surface area contributed by atoms with E-state index in [2.05, 4.69) is 0 Å². The van der Waals surface area contributed by atoms with Gasteiger partial charge in [-0.25, -0.2) is 0 Å². The third-order valence-corrected chi connectivity index (χ3v) is 3.69. The number of benzene rings is 2. The zero-order valence-electron chi connectivity index (χ0n) is 12.5. The Balaban J connectivity index is 2.29. The average molecular weight is 350 g/mol. The van der Waals surface area contributed by atoms with Gasteiger partial charge in [0, 0.05) is 36.8 Å². The van der Waals surface area contributed by atoms with Crippen LogP contribution in [0, 0.1) is 20.2 Å². The molecule has 1 amide bonds. The maximum atomic E-state index is 12.4. The standard InChI is InChI=1S/C15H12ClN3O5/c1-17(9-10-8-11(18(21)22)6-7-13(10)16)15(20)12-4-2-3-5-14(12)19(23)24/h2-8H,9H2,1H3. The number of nitrogens with zero attached hydrogens (tertiary/aromatic N) is 3. The second-order valence-corrected chi connectivity index (χ2v) is 5.38. The van der Waals surface area contributed by atoms with E-state index in [1.165, 1.54) is 54.4 Å². The summed E-state index contributed by atoms with van der Waals surface area (Å²) in [4.78, 5) is 34.3. The molecule has 0 spiro atoms. The lowest BCUT2D eigenvalue weighted by Crippen LogP contribution is -2.27.